The molecule has 1 aliphatic heterocycles. The van der Waals surface area contributed by atoms with Crippen LogP contribution in [0.15, 0.2) is 18.2 Å². The van der Waals surface area contributed by atoms with Gasteiger partial charge in [-0.05, 0) is 63.9 Å². The van der Waals surface area contributed by atoms with Gasteiger partial charge in [0.1, 0.15) is 5.75 Å². The molecule has 1 N–H and O–H groups in total. The van der Waals surface area contributed by atoms with E-state index in [1.54, 1.807) is 0 Å². The molecule has 4 heteroatoms. The zero-order chi connectivity index (χ0) is 14.5. The predicted octanol–water partition coefficient (Wildman–Crippen LogP) is 3.65. The second-order valence-corrected chi connectivity index (χ2v) is 6.12. The summed E-state index contributed by atoms with van der Waals surface area (Å²) in [4.78, 5) is 2.40. The van der Waals surface area contributed by atoms with Crippen LogP contribution in [-0.4, -0.2) is 35.7 Å². The minimum absolute atomic E-state index is 0.0958. The van der Waals surface area contributed by atoms with Crippen molar-refractivity contribution in [2.24, 2.45) is 0 Å². The molecule has 1 aliphatic rings. The van der Waals surface area contributed by atoms with Crippen LogP contribution in [0, 0.1) is 0 Å². The lowest BCUT2D eigenvalue weighted by Gasteiger charge is -2.18. The van der Waals surface area contributed by atoms with Gasteiger partial charge in [-0.1, -0.05) is 17.7 Å². The molecular formula is C16H24ClNO2. The molecule has 1 aromatic carbocycles. The van der Waals surface area contributed by atoms with Crippen molar-refractivity contribution in [1.29, 1.82) is 0 Å². The van der Waals surface area contributed by atoms with E-state index in [4.69, 9.17) is 16.3 Å². The van der Waals surface area contributed by atoms with Crippen molar-refractivity contribution < 1.29 is 9.84 Å². The maximum atomic E-state index is 10.3. The molecule has 1 atom stereocenters. The van der Waals surface area contributed by atoms with E-state index in [0.717, 1.165) is 31.6 Å². The summed E-state index contributed by atoms with van der Waals surface area (Å²) in [6.45, 7) is 7.20. The summed E-state index contributed by atoms with van der Waals surface area (Å²) >= 11 is 6.20. The molecule has 1 aromatic rings. The maximum absolute atomic E-state index is 10.3. The topological polar surface area (TPSA) is 32.7 Å². The third kappa shape index (κ3) is 4.37. The molecule has 112 valence electrons. The van der Waals surface area contributed by atoms with E-state index < -0.39 is 6.10 Å². The lowest BCUT2D eigenvalue weighted by atomic mass is 10.1. The lowest BCUT2D eigenvalue weighted by Crippen LogP contribution is -2.22. The molecule has 3 nitrogen and oxygen atoms in total. The Kier molecular flexibility index (Phi) is 5.70. The highest BCUT2D eigenvalue weighted by molar-refractivity contribution is 6.32. The first-order chi connectivity index (χ1) is 9.56. The van der Waals surface area contributed by atoms with Gasteiger partial charge in [0.05, 0.1) is 17.2 Å². The van der Waals surface area contributed by atoms with Crippen molar-refractivity contribution in [1.82, 2.24) is 4.90 Å². The SMILES string of the molecule is CC(C)Oc1ccc(C(O)CCN2CCCC2)cc1Cl. The fraction of sp³-hybridized carbons (Fsp3) is 0.625. The Morgan fingerprint density at radius 1 is 1.30 bits per heavy atom. The monoisotopic (exact) mass is 297 g/mol. The summed E-state index contributed by atoms with van der Waals surface area (Å²) in [6, 6.07) is 5.56. The van der Waals surface area contributed by atoms with E-state index in [9.17, 15) is 5.11 Å². The summed E-state index contributed by atoms with van der Waals surface area (Å²) in [7, 11) is 0. The smallest absolute Gasteiger partial charge is 0.138 e. The molecule has 0 spiro atoms. The van der Waals surface area contributed by atoms with Gasteiger partial charge in [-0.2, -0.15) is 0 Å². The number of rotatable bonds is 6. The van der Waals surface area contributed by atoms with E-state index in [2.05, 4.69) is 4.90 Å². The maximum Gasteiger partial charge on any atom is 0.138 e. The molecule has 0 aliphatic carbocycles. The number of benzene rings is 1. The molecule has 0 bridgehead atoms. The van der Waals surface area contributed by atoms with Crippen molar-refractivity contribution in [3.8, 4) is 5.75 Å². The van der Waals surface area contributed by atoms with Gasteiger partial charge in [0, 0.05) is 6.54 Å². The zero-order valence-electron chi connectivity index (χ0n) is 12.3. The Balaban J connectivity index is 1.92. The van der Waals surface area contributed by atoms with Crippen molar-refractivity contribution in [3.63, 3.8) is 0 Å². The second-order valence-electron chi connectivity index (χ2n) is 5.71. The van der Waals surface area contributed by atoms with E-state index in [-0.39, 0.29) is 6.10 Å². The van der Waals surface area contributed by atoms with Crippen molar-refractivity contribution in [3.05, 3.63) is 28.8 Å². The average Bonchev–Trinajstić information content (AvgIpc) is 2.91. The first-order valence-corrected chi connectivity index (χ1v) is 7.80. The Morgan fingerprint density at radius 2 is 2.00 bits per heavy atom. The predicted molar refractivity (Wildman–Crippen MR) is 82.5 cm³/mol. The molecular weight excluding hydrogens is 274 g/mol. The fourth-order valence-electron chi connectivity index (χ4n) is 2.55. The van der Waals surface area contributed by atoms with E-state index in [1.165, 1.54) is 12.8 Å². The Labute approximate surface area is 126 Å². The van der Waals surface area contributed by atoms with Crippen LogP contribution >= 0.6 is 11.6 Å². The molecule has 1 fully saturated rings. The summed E-state index contributed by atoms with van der Waals surface area (Å²) in [6.07, 6.45) is 2.95. The van der Waals surface area contributed by atoms with Crippen LogP contribution in [0.5, 0.6) is 5.75 Å². The van der Waals surface area contributed by atoms with Crippen molar-refractivity contribution in [2.45, 2.75) is 45.3 Å². The highest BCUT2D eigenvalue weighted by atomic mass is 35.5. The molecule has 0 aromatic heterocycles. The molecule has 2 rings (SSSR count). The zero-order valence-corrected chi connectivity index (χ0v) is 13.1. The van der Waals surface area contributed by atoms with Crippen LogP contribution in [-0.2, 0) is 0 Å². The van der Waals surface area contributed by atoms with Gasteiger partial charge in [-0.15, -0.1) is 0 Å². The molecule has 0 saturated carbocycles. The van der Waals surface area contributed by atoms with Crippen LogP contribution < -0.4 is 4.74 Å². The molecule has 0 amide bonds. The molecule has 1 heterocycles. The number of hydrogen-bond donors (Lipinski definition) is 1. The van der Waals surface area contributed by atoms with Crippen LogP contribution in [0.3, 0.4) is 0 Å². The van der Waals surface area contributed by atoms with Gasteiger partial charge in [-0.25, -0.2) is 0 Å². The van der Waals surface area contributed by atoms with Crippen LogP contribution in [0.4, 0.5) is 0 Å². The summed E-state index contributed by atoms with van der Waals surface area (Å²) < 4.78 is 5.60. The minimum Gasteiger partial charge on any atom is -0.489 e. The van der Waals surface area contributed by atoms with E-state index in [0.29, 0.717) is 10.8 Å². The van der Waals surface area contributed by atoms with Gasteiger partial charge in [0.15, 0.2) is 0 Å². The quantitative estimate of drug-likeness (QED) is 0.870. The summed E-state index contributed by atoms with van der Waals surface area (Å²) in [5.41, 5.74) is 0.866. The largest absolute Gasteiger partial charge is 0.489 e. The number of ether oxygens (including phenoxy) is 1. The Bertz CT molecular complexity index is 430. The molecule has 1 unspecified atom stereocenters. The fourth-order valence-corrected chi connectivity index (χ4v) is 2.79. The molecule has 1 saturated heterocycles. The van der Waals surface area contributed by atoms with E-state index in [1.807, 2.05) is 32.0 Å². The van der Waals surface area contributed by atoms with Crippen LogP contribution in [0.25, 0.3) is 0 Å². The lowest BCUT2D eigenvalue weighted by molar-refractivity contribution is 0.149. The van der Waals surface area contributed by atoms with Gasteiger partial charge in [0.25, 0.3) is 0 Å². The van der Waals surface area contributed by atoms with Crippen molar-refractivity contribution >= 4 is 11.6 Å². The number of halogens is 1. The number of nitrogens with zero attached hydrogens (tertiary/aromatic N) is 1. The standard InChI is InChI=1S/C16H24ClNO2/c1-12(2)20-16-6-5-13(11-14(16)17)15(19)7-10-18-8-3-4-9-18/h5-6,11-12,15,19H,3-4,7-10H2,1-2H3. The normalized spacial score (nSPS) is 17.6. The average molecular weight is 298 g/mol. The van der Waals surface area contributed by atoms with Crippen LogP contribution in [0.2, 0.25) is 5.02 Å². The highest BCUT2D eigenvalue weighted by Gasteiger charge is 2.15. The van der Waals surface area contributed by atoms with Gasteiger partial charge in [-0.3, -0.25) is 0 Å². The first kappa shape index (κ1) is 15.6. The number of likely N-dealkylation sites (tertiary alicyclic amines) is 1. The third-order valence-corrected chi connectivity index (χ3v) is 3.92. The Morgan fingerprint density at radius 3 is 2.60 bits per heavy atom. The summed E-state index contributed by atoms with van der Waals surface area (Å²) in [5, 5.41) is 10.8. The molecule has 20 heavy (non-hydrogen) atoms. The van der Waals surface area contributed by atoms with Crippen LogP contribution in [0.1, 0.15) is 44.8 Å². The highest BCUT2D eigenvalue weighted by Crippen LogP contribution is 2.29. The van der Waals surface area contributed by atoms with E-state index >= 15 is 0 Å². The number of hydrogen-bond acceptors (Lipinski definition) is 3. The first-order valence-electron chi connectivity index (χ1n) is 7.43. The number of aliphatic hydroxyl groups is 1. The molecule has 0 radical (unpaired) electrons. The third-order valence-electron chi connectivity index (χ3n) is 3.62. The second kappa shape index (κ2) is 7.30. The minimum atomic E-state index is -0.457. The van der Waals surface area contributed by atoms with Crippen molar-refractivity contribution in [2.75, 3.05) is 19.6 Å². The Hall–Kier alpha value is -0.770. The summed E-state index contributed by atoms with van der Waals surface area (Å²) in [5.74, 6) is 0.678. The van der Waals surface area contributed by atoms with Gasteiger partial charge >= 0.3 is 0 Å². The number of aliphatic hydroxyl groups excluding tert-OH is 1. The van der Waals surface area contributed by atoms with Gasteiger partial charge in [0.2, 0.25) is 0 Å². The van der Waals surface area contributed by atoms with Gasteiger partial charge < -0.3 is 14.7 Å².